The molecular weight excluding hydrogens is 309 g/mol. The first-order valence-corrected chi connectivity index (χ1v) is 7.25. The number of aromatic nitrogens is 1. The molecule has 2 aromatic rings. The Hall–Kier alpha value is -1.62. The summed E-state index contributed by atoms with van der Waals surface area (Å²) in [5, 5.41) is 7.03. The molecule has 1 heterocycles. The summed E-state index contributed by atoms with van der Waals surface area (Å²) in [4.78, 5) is 15.6. The van der Waals surface area contributed by atoms with E-state index in [1.165, 1.54) is 0 Å². The van der Waals surface area contributed by atoms with Crippen molar-refractivity contribution in [2.24, 2.45) is 0 Å². The average Bonchev–Trinajstić information content (AvgIpc) is 2.48. The van der Waals surface area contributed by atoms with Gasteiger partial charge in [-0.05, 0) is 29.8 Å². The van der Waals surface area contributed by atoms with Crippen molar-refractivity contribution in [2.75, 3.05) is 11.9 Å². The van der Waals surface area contributed by atoms with Crippen molar-refractivity contribution in [1.29, 1.82) is 0 Å². The Balaban J connectivity index is 1.69. The van der Waals surface area contributed by atoms with Crippen LogP contribution < -0.4 is 10.6 Å². The number of carbonyl (C=O) groups excluding carboxylic acids is 1. The highest BCUT2D eigenvalue weighted by atomic mass is 35.5. The van der Waals surface area contributed by atoms with E-state index in [-0.39, 0.29) is 5.91 Å². The molecule has 4 nitrogen and oxygen atoms in total. The number of amides is 1. The molecule has 2 N–H and O–H groups in total. The van der Waals surface area contributed by atoms with Crippen LogP contribution in [0.2, 0.25) is 10.0 Å². The topological polar surface area (TPSA) is 54.0 Å². The van der Waals surface area contributed by atoms with Crippen molar-refractivity contribution >= 4 is 34.8 Å². The van der Waals surface area contributed by atoms with Crippen LogP contribution in [0.15, 0.2) is 42.7 Å². The van der Waals surface area contributed by atoms with Gasteiger partial charge in [0, 0.05) is 25.7 Å². The van der Waals surface area contributed by atoms with E-state index in [0.29, 0.717) is 35.2 Å². The molecule has 0 saturated heterocycles. The van der Waals surface area contributed by atoms with Crippen LogP contribution in [0.4, 0.5) is 5.69 Å². The second-order valence-electron chi connectivity index (χ2n) is 4.47. The molecule has 2 rings (SSSR count). The van der Waals surface area contributed by atoms with Crippen LogP contribution in [0.3, 0.4) is 0 Å². The molecule has 1 aromatic heterocycles. The predicted octanol–water partition coefficient (Wildman–Crippen LogP) is 3.51. The Morgan fingerprint density at radius 3 is 2.76 bits per heavy atom. The molecule has 0 radical (unpaired) electrons. The third kappa shape index (κ3) is 5.34. The first kappa shape index (κ1) is 15.8. The van der Waals surface area contributed by atoms with Gasteiger partial charge < -0.3 is 10.6 Å². The van der Waals surface area contributed by atoms with E-state index < -0.39 is 0 Å². The number of nitrogens with zero attached hydrogens (tertiary/aromatic N) is 1. The van der Waals surface area contributed by atoms with Gasteiger partial charge in [0.2, 0.25) is 5.91 Å². The Morgan fingerprint density at radius 1 is 1.19 bits per heavy atom. The van der Waals surface area contributed by atoms with Gasteiger partial charge >= 0.3 is 0 Å². The summed E-state index contributed by atoms with van der Waals surface area (Å²) in [7, 11) is 0. The fourth-order valence-electron chi connectivity index (χ4n) is 1.74. The third-order valence-electron chi connectivity index (χ3n) is 2.79. The van der Waals surface area contributed by atoms with Crippen LogP contribution in [-0.4, -0.2) is 17.4 Å². The van der Waals surface area contributed by atoms with Crippen LogP contribution in [-0.2, 0) is 11.3 Å². The molecule has 0 saturated carbocycles. The average molecular weight is 324 g/mol. The van der Waals surface area contributed by atoms with Crippen LogP contribution in [0.5, 0.6) is 0 Å². The summed E-state index contributed by atoms with van der Waals surface area (Å²) < 4.78 is 0. The van der Waals surface area contributed by atoms with Crippen molar-refractivity contribution in [3.63, 3.8) is 0 Å². The van der Waals surface area contributed by atoms with Crippen molar-refractivity contribution in [3.05, 3.63) is 58.3 Å². The van der Waals surface area contributed by atoms with E-state index in [0.717, 1.165) is 5.56 Å². The van der Waals surface area contributed by atoms with Crippen LogP contribution >= 0.6 is 23.2 Å². The lowest BCUT2D eigenvalue weighted by atomic mass is 10.2. The van der Waals surface area contributed by atoms with Gasteiger partial charge in [-0.2, -0.15) is 0 Å². The minimum Gasteiger partial charge on any atom is -0.325 e. The van der Waals surface area contributed by atoms with Gasteiger partial charge in [-0.15, -0.1) is 0 Å². The van der Waals surface area contributed by atoms with Crippen LogP contribution in [0.25, 0.3) is 0 Å². The van der Waals surface area contributed by atoms with Gasteiger partial charge in [0.05, 0.1) is 21.9 Å². The highest BCUT2D eigenvalue weighted by Gasteiger charge is 2.03. The zero-order valence-electron chi connectivity index (χ0n) is 11.3. The third-order valence-corrected chi connectivity index (χ3v) is 3.53. The number of hydrogen-bond acceptors (Lipinski definition) is 3. The Morgan fingerprint density at radius 2 is 2.05 bits per heavy atom. The predicted molar refractivity (Wildman–Crippen MR) is 85.7 cm³/mol. The second-order valence-corrected chi connectivity index (χ2v) is 5.28. The zero-order chi connectivity index (χ0) is 15.1. The first-order chi connectivity index (χ1) is 10.1. The molecule has 0 spiro atoms. The molecule has 0 aliphatic rings. The maximum atomic E-state index is 11.7. The molecule has 0 aliphatic heterocycles. The van der Waals surface area contributed by atoms with Crippen LogP contribution in [0, 0.1) is 0 Å². The molecule has 1 aromatic carbocycles. The molecule has 0 fully saturated rings. The highest BCUT2D eigenvalue weighted by molar-refractivity contribution is 6.42. The first-order valence-electron chi connectivity index (χ1n) is 6.49. The minimum absolute atomic E-state index is 0.0513. The van der Waals surface area contributed by atoms with Gasteiger partial charge in [-0.3, -0.25) is 9.78 Å². The van der Waals surface area contributed by atoms with Crippen molar-refractivity contribution in [1.82, 2.24) is 10.3 Å². The number of carbonyl (C=O) groups is 1. The van der Waals surface area contributed by atoms with Gasteiger partial charge in [-0.25, -0.2) is 0 Å². The Bertz CT molecular complexity index is 605. The largest absolute Gasteiger partial charge is 0.325 e. The van der Waals surface area contributed by atoms with E-state index >= 15 is 0 Å². The number of pyridine rings is 1. The lowest BCUT2D eigenvalue weighted by molar-refractivity contribution is -0.116. The van der Waals surface area contributed by atoms with Gasteiger partial charge in [0.25, 0.3) is 0 Å². The van der Waals surface area contributed by atoms with Crippen LogP contribution in [0.1, 0.15) is 12.0 Å². The van der Waals surface area contributed by atoms with E-state index in [2.05, 4.69) is 15.6 Å². The molecule has 6 heteroatoms. The smallest absolute Gasteiger partial charge is 0.225 e. The van der Waals surface area contributed by atoms with Crippen molar-refractivity contribution in [3.8, 4) is 0 Å². The molecular formula is C15H15Cl2N3O. The second kappa shape index (κ2) is 7.98. The number of rotatable bonds is 6. The zero-order valence-corrected chi connectivity index (χ0v) is 12.8. The molecule has 0 unspecified atom stereocenters. The summed E-state index contributed by atoms with van der Waals surface area (Å²) >= 11 is 11.8. The summed E-state index contributed by atoms with van der Waals surface area (Å²) in [5.41, 5.74) is 1.73. The van der Waals surface area contributed by atoms with Crippen molar-refractivity contribution < 1.29 is 4.79 Å². The van der Waals surface area contributed by atoms with E-state index in [1.807, 2.05) is 12.1 Å². The Kier molecular flexibility index (Phi) is 5.99. The fraction of sp³-hybridized carbons (Fsp3) is 0.200. The quantitative estimate of drug-likeness (QED) is 0.800. The van der Waals surface area contributed by atoms with E-state index in [9.17, 15) is 4.79 Å². The van der Waals surface area contributed by atoms with Crippen molar-refractivity contribution in [2.45, 2.75) is 13.0 Å². The lowest BCUT2D eigenvalue weighted by Gasteiger charge is -2.07. The van der Waals surface area contributed by atoms with Gasteiger partial charge in [0.1, 0.15) is 0 Å². The number of hydrogen-bond donors (Lipinski definition) is 2. The Labute approximate surface area is 133 Å². The highest BCUT2D eigenvalue weighted by Crippen LogP contribution is 2.22. The molecule has 1 amide bonds. The number of benzene rings is 1. The number of halogens is 2. The summed E-state index contributed by atoms with van der Waals surface area (Å²) in [6, 6.07) is 9.05. The SMILES string of the molecule is O=C(CCNCc1ccc(Cl)c(Cl)c1)Nc1cccnc1. The lowest BCUT2D eigenvalue weighted by Crippen LogP contribution is -2.21. The van der Waals surface area contributed by atoms with Gasteiger partial charge in [0.15, 0.2) is 0 Å². The number of anilines is 1. The summed E-state index contributed by atoms with van der Waals surface area (Å²) in [6.45, 7) is 1.21. The standard InChI is InChI=1S/C15H15Cl2N3O/c16-13-4-3-11(8-14(13)17)9-19-7-5-15(21)20-12-2-1-6-18-10-12/h1-4,6,8,10,19H,5,7,9H2,(H,20,21). The molecule has 110 valence electrons. The maximum Gasteiger partial charge on any atom is 0.225 e. The number of nitrogens with one attached hydrogen (secondary N) is 2. The van der Waals surface area contributed by atoms with E-state index in [4.69, 9.17) is 23.2 Å². The summed E-state index contributed by atoms with van der Waals surface area (Å²) in [6.07, 6.45) is 3.66. The fourth-order valence-corrected chi connectivity index (χ4v) is 2.07. The monoisotopic (exact) mass is 323 g/mol. The maximum absolute atomic E-state index is 11.7. The minimum atomic E-state index is -0.0513. The normalized spacial score (nSPS) is 10.4. The molecule has 0 bridgehead atoms. The summed E-state index contributed by atoms with van der Waals surface area (Å²) in [5.74, 6) is -0.0513. The molecule has 21 heavy (non-hydrogen) atoms. The molecule has 0 atom stereocenters. The van der Waals surface area contributed by atoms with E-state index in [1.54, 1.807) is 30.6 Å². The molecule has 0 aliphatic carbocycles. The van der Waals surface area contributed by atoms with Gasteiger partial charge in [-0.1, -0.05) is 29.3 Å².